The van der Waals surface area contributed by atoms with E-state index in [0.29, 0.717) is 12.3 Å². The molecule has 1 aliphatic carbocycles. The molecule has 1 N–H and O–H groups in total. The third kappa shape index (κ3) is 4.21. The lowest BCUT2D eigenvalue weighted by Gasteiger charge is -2.20. The third-order valence-electron chi connectivity index (χ3n) is 3.74. The van der Waals surface area contributed by atoms with Crippen LogP contribution < -0.4 is 4.74 Å². The summed E-state index contributed by atoms with van der Waals surface area (Å²) >= 11 is 0. The molecule has 0 bridgehead atoms. The molecule has 114 valence electrons. The minimum Gasteiger partial charge on any atom is -0.484 e. The Labute approximate surface area is 124 Å². The molecule has 0 heterocycles. The molecule has 0 atom stereocenters. The number of carboxylic acid groups (broad SMARTS) is 1. The second-order valence-electron chi connectivity index (χ2n) is 5.23. The van der Waals surface area contributed by atoms with Crippen LogP contribution in [0.1, 0.15) is 30.9 Å². The largest absolute Gasteiger partial charge is 0.484 e. The molecule has 5 heteroatoms. The summed E-state index contributed by atoms with van der Waals surface area (Å²) in [6.07, 6.45) is 4.58. The number of fused-ring (bicyclic) bond motifs is 1. The monoisotopic (exact) mass is 291 g/mol. The van der Waals surface area contributed by atoms with Crippen molar-refractivity contribution in [1.29, 1.82) is 0 Å². The van der Waals surface area contributed by atoms with E-state index in [4.69, 9.17) is 9.84 Å². The summed E-state index contributed by atoms with van der Waals surface area (Å²) in [5.41, 5.74) is 2.66. The number of carbonyl (C=O) groups is 2. The third-order valence-corrected chi connectivity index (χ3v) is 3.74. The van der Waals surface area contributed by atoms with E-state index in [2.05, 4.69) is 6.07 Å². The van der Waals surface area contributed by atoms with Crippen LogP contribution >= 0.6 is 0 Å². The van der Waals surface area contributed by atoms with Crippen molar-refractivity contribution in [3.05, 3.63) is 29.3 Å². The molecule has 0 aliphatic heterocycles. The molecular weight excluding hydrogens is 270 g/mol. The quantitative estimate of drug-likeness (QED) is 0.869. The Morgan fingerprint density at radius 1 is 1.24 bits per heavy atom. The number of rotatable bonds is 6. The number of hydrogen-bond acceptors (Lipinski definition) is 3. The van der Waals surface area contributed by atoms with Gasteiger partial charge in [-0.1, -0.05) is 6.07 Å². The highest BCUT2D eigenvalue weighted by Crippen LogP contribution is 2.25. The van der Waals surface area contributed by atoms with Crippen molar-refractivity contribution >= 4 is 11.9 Å². The molecule has 1 aliphatic rings. The Morgan fingerprint density at radius 3 is 2.62 bits per heavy atom. The molecular formula is C16H21NO4. The van der Waals surface area contributed by atoms with Gasteiger partial charge in [0.25, 0.3) is 5.91 Å². The van der Waals surface area contributed by atoms with Gasteiger partial charge in [-0.05, 0) is 55.9 Å². The van der Waals surface area contributed by atoms with Gasteiger partial charge in [0.15, 0.2) is 6.61 Å². The summed E-state index contributed by atoms with van der Waals surface area (Å²) < 4.78 is 5.51. The molecule has 21 heavy (non-hydrogen) atoms. The number of benzene rings is 1. The van der Waals surface area contributed by atoms with Gasteiger partial charge in [0, 0.05) is 6.54 Å². The molecule has 0 spiro atoms. The number of ether oxygens (including phenoxy) is 1. The molecule has 0 fully saturated rings. The number of nitrogens with zero attached hydrogens (tertiary/aromatic N) is 1. The molecule has 5 nitrogen and oxygen atoms in total. The van der Waals surface area contributed by atoms with Crippen LogP contribution in [0.3, 0.4) is 0 Å². The number of aliphatic carboxylic acids is 1. The summed E-state index contributed by atoms with van der Waals surface area (Å²) in [5.74, 6) is -0.646. The zero-order chi connectivity index (χ0) is 15.2. The number of amides is 1. The van der Waals surface area contributed by atoms with Crippen LogP contribution in [0.5, 0.6) is 5.75 Å². The van der Waals surface area contributed by atoms with Gasteiger partial charge >= 0.3 is 5.97 Å². The maximum atomic E-state index is 11.9. The van der Waals surface area contributed by atoms with Gasteiger partial charge in [-0.25, -0.2) is 0 Å². The smallest absolute Gasteiger partial charge is 0.323 e. The molecule has 1 aromatic carbocycles. The average Bonchev–Trinajstić information content (AvgIpc) is 2.49. The SMILES string of the molecule is CCN(CC(=O)O)C(=O)COc1ccc2c(c1)CCCC2. The Bertz CT molecular complexity index is 527. The van der Waals surface area contributed by atoms with E-state index in [0.717, 1.165) is 12.8 Å². The van der Waals surface area contributed by atoms with Crippen LogP contribution in [0.4, 0.5) is 0 Å². The Morgan fingerprint density at radius 2 is 1.95 bits per heavy atom. The van der Waals surface area contributed by atoms with Gasteiger partial charge in [-0.3, -0.25) is 9.59 Å². The highest BCUT2D eigenvalue weighted by molar-refractivity contribution is 5.82. The summed E-state index contributed by atoms with van der Waals surface area (Å²) in [6.45, 7) is 1.70. The Hall–Kier alpha value is -2.04. The Balaban J connectivity index is 1.93. The van der Waals surface area contributed by atoms with E-state index >= 15 is 0 Å². The van der Waals surface area contributed by atoms with Crippen molar-refractivity contribution in [2.24, 2.45) is 0 Å². The summed E-state index contributed by atoms with van der Waals surface area (Å²) in [6, 6.07) is 5.93. The zero-order valence-electron chi connectivity index (χ0n) is 12.3. The first kappa shape index (κ1) is 15.4. The van der Waals surface area contributed by atoms with E-state index in [1.54, 1.807) is 6.92 Å². The molecule has 1 amide bonds. The van der Waals surface area contributed by atoms with E-state index in [1.165, 1.54) is 28.9 Å². The molecule has 1 aromatic rings. The lowest BCUT2D eigenvalue weighted by atomic mass is 9.92. The Kier molecular flexibility index (Phi) is 5.20. The predicted octanol–water partition coefficient (Wildman–Crippen LogP) is 1.88. The van der Waals surface area contributed by atoms with Crippen molar-refractivity contribution in [3.8, 4) is 5.75 Å². The van der Waals surface area contributed by atoms with Gasteiger partial charge in [0.1, 0.15) is 12.3 Å². The summed E-state index contributed by atoms with van der Waals surface area (Å²) in [4.78, 5) is 23.8. The normalized spacial score (nSPS) is 13.4. The number of likely N-dealkylation sites (N-methyl/N-ethyl adjacent to an activating group) is 1. The summed E-state index contributed by atoms with van der Waals surface area (Å²) in [5, 5.41) is 8.75. The van der Waals surface area contributed by atoms with Crippen molar-refractivity contribution in [2.75, 3.05) is 19.7 Å². The van der Waals surface area contributed by atoms with Crippen LogP contribution in [-0.4, -0.2) is 41.6 Å². The molecule has 2 rings (SSSR count). The van der Waals surface area contributed by atoms with Gasteiger partial charge in [-0.15, -0.1) is 0 Å². The maximum Gasteiger partial charge on any atom is 0.323 e. The number of carbonyl (C=O) groups excluding carboxylic acids is 1. The first-order chi connectivity index (χ1) is 10.1. The zero-order valence-corrected chi connectivity index (χ0v) is 12.3. The van der Waals surface area contributed by atoms with E-state index in [-0.39, 0.29) is 19.1 Å². The standard InChI is InChI=1S/C16H21NO4/c1-2-17(10-16(19)20)15(18)11-21-14-8-7-12-5-3-4-6-13(12)9-14/h7-9H,2-6,10-11H2,1H3,(H,19,20). The second kappa shape index (κ2) is 7.11. The highest BCUT2D eigenvalue weighted by atomic mass is 16.5. The van der Waals surface area contributed by atoms with E-state index in [9.17, 15) is 9.59 Å². The van der Waals surface area contributed by atoms with Crippen LogP contribution in [0.15, 0.2) is 18.2 Å². The predicted molar refractivity (Wildman–Crippen MR) is 78.5 cm³/mol. The van der Waals surface area contributed by atoms with Crippen LogP contribution in [0.25, 0.3) is 0 Å². The van der Waals surface area contributed by atoms with Crippen LogP contribution in [-0.2, 0) is 22.4 Å². The fourth-order valence-corrected chi connectivity index (χ4v) is 2.58. The van der Waals surface area contributed by atoms with Crippen molar-refractivity contribution in [2.45, 2.75) is 32.6 Å². The molecule has 0 unspecified atom stereocenters. The fraction of sp³-hybridized carbons (Fsp3) is 0.500. The highest BCUT2D eigenvalue weighted by Gasteiger charge is 2.16. The van der Waals surface area contributed by atoms with E-state index in [1.807, 2.05) is 12.1 Å². The molecule has 0 aromatic heterocycles. The van der Waals surface area contributed by atoms with Crippen LogP contribution in [0, 0.1) is 0 Å². The van der Waals surface area contributed by atoms with Crippen molar-refractivity contribution in [1.82, 2.24) is 4.90 Å². The van der Waals surface area contributed by atoms with Gasteiger partial charge in [-0.2, -0.15) is 0 Å². The van der Waals surface area contributed by atoms with Gasteiger partial charge in [0.2, 0.25) is 0 Å². The first-order valence-electron chi connectivity index (χ1n) is 7.34. The lowest BCUT2D eigenvalue weighted by molar-refractivity contribution is -0.145. The molecule has 0 saturated heterocycles. The van der Waals surface area contributed by atoms with Gasteiger partial charge in [0.05, 0.1) is 0 Å². The minimum atomic E-state index is -1.01. The number of hydrogen-bond donors (Lipinski definition) is 1. The fourth-order valence-electron chi connectivity index (χ4n) is 2.58. The average molecular weight is 291 g/mol. The number of aryl methyl sites for hydroxylation is 2. The second-order valence-corrected chi connectivity index (χ2v) is 5.23. The maximum absolute atomic E-state index is 11.9. The summed E-state index contributed by atoms with van der Waals surface area (Å²) in [7, 11) is 0. The van der Waals surface area contributed by atoms with E-state index < -0.39 is 5.97 Å². The lowest BCUT2D eigenvalue weighted by Crippen LogP contribution is -2.38. The van der Waals surface area contributed by atoms with Gasteiger partial charge < -0.3 is 14.7 Å². The minimum absolute atomic E-state index is 0.125. The molecule has 0 radical (unpaired) electrons. The van der Waals surface area contributed by atoms with Crippen molar-refractivity contribution in [3.63, 3.8) is 0 Å². The van der Waals surface area contributed by atoms with Crippen LogP contribution in [0.2, 0.25) is 0 Å². The van der Waals surface area contributed by atoms with Crippen molar-refractivity contribution < 1.29 is 19.4 Å². The topological polar surface area (TPSA) is 66.8 Å². The molecule has 0 saturated carbocycles. The first-order valence-corrected chi connectivity index (χ1v) is 7.34. The number of carboxylic acids is 1.